The van der Waals surface area contributed by atoms with Crippen LogP contribution in [0.5, 0.6) is 0 Å². The largest absolute Gasteiger partial charge is 0.332 e. The van der Waals surface area contributed by atoms with Gasteiger partial charge in [0, 0.05) is 18.4 Å². The Hall–Kier alpha value is -1.93. The van der Waals surface area contributed by atoms with Crippen molar-refractivity contribution in [2.24, 2.45) is 0 Å². The number of carbonyl (C=O) groups excluding carboxylic acids is 1. The van der Waals surface area contributed by atoms with Crippen LogP contribution in [-0.2, 0) is 4.79 Å². The van der Waals surface area contributed by atoms with Gasteiger partial charge in [-0.3, -0.25) is 4.79 Å². The lowest BCUT2D eigenvalue weighted by Crippen LogP contribution is -2.24. The van der Waals surface area contributed by atoms with Gasteiger partial charge >= 0.3 is 0 Å². The number of hydrogen-bond donors (Lipinski definition) is 0. The molecule has 90 valence electrons. The predicted octanol–water partition coefficient (Wildman–Crippen LogP) is 1.67. The first-order valence-corrected chi connectivity index (χ1v) is 6.67. The maximum Gasteiger partial charge on any atom is 0.223 e. The zero-order chi connectivity index (χ0) is 12.4. The van der Waals surface area contributed by atoms with Crippen molar-refractivity contribution in [2.75, 3.05) is 13.1 Å². The normalized spacial score (nSPS) is 14.9. The second-order valence-electron chi connectivity index (χ2n) is 4.08. The van der Waals surface area contributed by atoms with Gasteiger partial charge in [0.2, 0.25) is 5.91 Å². The summed E-state index contributed by atoms with van der Waals surface area (Å²) in [6, 6.07) is 1.98. The van der Waals surface area contributed by atoms with Gasteiger partial charge in [0.1, 0.15) is 16.9 Å². The molecule has 0 saturated carbocycles. The maximum atomic E-state index is 11.4. The summed E-state index contributed by atoms with van der Waals surface area (Å²) in [5, 5.41) is 2.97. The molecule has 1 saturated heterocycles. The number of nitrogens with zero attached hydrogens (tertiary/aromatic N) is 3. The zero-order valence-corrected chi connectivity index (χ0v) is 10.5. The molecule has 0 bridgehead atoms. The maximum absolute atomic E-state index is 11.4. The van der Waals surface area contributed by atoms with Gasteiger partial charge in [-0.05, 0) is 23.8 Å². The fourth-order valence-corrected chi connectivity index (χ4v) is 2.71. The highest BCUT2D eigenvalue weighted by molar-refractivity contribution is 7.16. The number of hydrogen-bond acceptors (Lipinski definition) is 4. The topological polar surface area (TPSA) is 46.1 Å². The van der Waals surface area contributed by atoms with E-state index in [9.17, 15) is 4.79 Å². The SMILES string of the molecule is O=C1CCCN1CC#Cc1ncnc2sccc12. The van der Waals surface area contributed by atoms with Crippen molar-refractivity contribution in [3.8, 4) is 11.8 Å². The van der Waals surface area contributed by atoms with Gasteiger partial charge in [-0.2, -0.15) is 0 Å². The number of thiophene rings is 1. The Labute approximate surface area is 109 Å². The highest BCUT2D eigenvalue weighted by Gasteiger charge is 2.18. The van der Waals surface area contributed by atoms with E-state index in [-0.39, 0.29) is 5.91 Å². The summed E-state index contributed by atoms with van der Waals surface area (Å²) in [5.74, 6) is 6.26. The molecule has 0 N–H and O–H groups in total. The van der Waals surface area contributed by atoms with Crippen molar-refractivity contribution in [2.45, 2.75) is 12.8 Å². The van der Waals surface area contributed by atoms with Gasteiger partial charge in [-0.25, -0.2) is 9.97 Å². The van der Waals surface area contributed by atoms with Crippen molar-refractivity contribution >= 4 is 27.5 Å². The quantitative estimate of drug-likeness (QED) is 0.730. The van der Waals surface area contributed by atoms with Crippen molar-refractivity contribution in [3.63, 3.8) is 0 Å². The third-order valence-electron chi connectivity index (χ3n) is 2.91. The van der Waals surface area contributed by atoms with Gasteiger partial charge < -0.3 is 4.90 Å². The van der Waals surface area contributed by atoms with Gasteiger partial charge in [-0.15, -0.1) is 11.3 Å². The summed E-state index contributed by atoms with van der Waals surface area (Å²) in [6.45, 7) is 1.32. The monoisotopic (exact) mass is 257 g/mol. The number of amides is 1. The molecule has 3 rings (SSSR count). The fraction of sp³-hybridized carbons (Fsp3) is 0.308. The van der Waals surface area contributed by atoms with Crippen molar-refractivity contribution in [1.82, 2.24) is 14.9 Å². The lowest BCUT2D eigenvalue weighted by molar-refractivity contribution is -0.127. The second kappa shape index (κ2) is 4.75. The average molecular weight is 257 g/mol. The number of fused-ring (bicyclic) bond motifs is 1. The number of rotatable bonds is 1. The minimum Gasteiger partial charge on any atom is -0.332 e. The highest BCUT2D eigenvalue weighted by atomic mass is 32.1. The molecule has 2 aromatic heterocycles. The summed E-state index contributed by atoms with van der Waals surface area (Å²) in [6.07, 6.45) is 3.14. The molecule has 0 atom stereocenters. The first-order valence-electron chi connectivity index (χ1n) is 5.79. The van der Waals surface area contributed by atoms with Crippen LogP contribution in [0.1, 0.15) is 18.5 Å². The molecule has 0 radical (unpaired) electrons. The number of likely N-dealkylation sites (tertiary alicyclic amines) is 1. The van der Waals surface area contributed by atoms with Crippen molar-refractivity contribution in [1.29, 1.82) is 0 Å². The van der Waals surface area contributed by atoms with E-state index in [0.717, 1.165) is 28.9 Å². The van der Waals surface area contributed by atoms with Gasteiger partial charge in [0.15, 0.2) is 0 Å². The molecule has 1 fully saturated rings. The van der Waals surface area contributed by atoms with E-state index in [2.05, 4.69) is 21.8 Å². The Bertz CT molecular complexity index is 653. The molecule has 1 aliphatic rings. The lowest BCUT2D eigenvalue weighted by Gasteiger charge is -2.09. The molecular weight excluding hydrogens is 246 g/mol. The molecule has 2 aromatic rings. The molecule has 1 amide bonds. The minimum atomic E-state index is 0.202. The van der Waals surface area contributed by atoms with E-state index < -0.39 is 0 Å². The van der Waals surface area contributed by atoms with Crippen molar-refractivity contribution in [3.05, 3.63) is 23.5 Å². The third-order valence-corrected chi connectivity index (χ3v) is 3.73. The van der Waals surface area contributed by atoms with Crippen molar-refractivity contribution < 1.29 is 4.79 Å². The van der Waals surface area contributed by atoms with Crippen LogP contribution >= 0.6 is 11.3 Å². The standard InChI is InChI=1S/C13H11N3OS/c17-12-4-2-7-16(12)6-1-3-11-10-5-8-18-13(10)15-9-14-11/h5,8-9H,2,4,6-7H2. The molecule has 3 heterocycles. The van der Waals surface area contributed by atoms with Crippen LogP contribution in [0.4, 0.5) is 0 Å². The van der Waals surface area contributed by atoms with Crippen LogP contribution < -0.4 is 0 Å². The highest BCUT2D eigenvalue weighted by Crippen LogP contribution is 2.19. The van der Waals surface area contributed by atoms with E-state index in [1.165, 1.54) is 6.33 Å². The van der Waals surface area contributed by atoms with Crippen LogP contribution in [-0.4, -0.2) is 33.9 Å². The number of aromatic nitrogens is 2. The summed E-state index contributed by atoms with van der Waals surface area (Å²) in [7, 11) is 0. The van der Waals surface area contributed by atoms with Gasteiger partial charge in [-0.1, -0.05) is 5.92 Å². The molecule has 0 spiro atoms. The number of carbonyl (C=O) groups is 1. The molecule has 0 aromatic carbocycles. The molecule has 4 nitrogen and oxygen atoms in total. The first kappa shape index (κ1) is 11.2. The Balaban J connectivity index is 1.80. The Morgan fingerprint density at radius 3 is 3.22 bits per heavy atom. The molecule has 1 aliphatic heterocycles. The van der Waals surface area contributed by atoms with E-state index >= 15 is 0 Å². The summed E-state index contributed by atoms with van der Waals surface area (Å²) in [5.41, 5.74) is 0.743. The zero-order valence-electron chi connectivity index (χ0n) is 9.72. The molecule has 0 unspecified atom stereocenters. The predicted molar refractivity (Wildman–Crippen MR) is 70.1 cm³/mol. The Morgan fingerprint density at radius 1 is 1.44 bits per heavy atom. The Kier molecular flexibility index (Phi) is 2.95. The van der Waals surface area contributed by atoms with Gasteiger partial charge in [0.25, 0.3) is 0 Å². The summed E-state index contributed by atoms with van der Waals surface area (Å²) in [4.78, 5) is 22.5. The summed E-state index contributed by atoms with van der Waals surface area (Å²) < 4.78 is 0. The second-order valence-corrected chi connectivity index (χ2v) is 4.98. The van der Waals surface area contributed by atoms with E-state index in [4.69, 9.17) is 0 Å². The Morgan fingerprint density at radius 2 is 2.39 bits per heavy atom. The smallest absolute Gasteiger partial charge is 0.223 e. The van der Waals surface area contributed by atoms with Crippen LogP contribution in [0, 0.1) is 11.8 Å². The van der Waals surface area contributed by atoms with E-state index in [0.29, 0.717) is 13.0 Å². The summed E-state index contributed by atoms with van der Waals surface area (Å²) >= 11 is 1.58. The van der Waals surface area contributed by atoms with Crippen LogP contribution in [0.3, 0.4) is 0 Å². The van der Waals surface area contributed by atoms with Crippen LogP contribution in [0.25, 0.3) is 10.2 Å². The molecule has 0 aliphatic carbocycles. The van der Waals surface area contributed by atoms with E-state index in [1.807, 2.05) is 11.4 Å². The fourth-order valence-electron chi connectivity index (χ4n) is 1.98. The average Bonchev–Trinajstić information content (AvgIpc) is 2.99. The van der Waals surface area contributed by atoms with E-state index in [1.54, 1.807) is 16.2 Å². The third kappa shape index (κ3) is 2.07. The van der Waals surface area contributed by atoms with Crippen LogP contribution in [0.2, 0.25) is 0 Å². The van der Waals surface area contributed by atoms with Crippen LogP contribution in [0.15, 0.2) is 17.8 Å². The van der Waals surface area contributed by atoms with Gasteiger partial charge in [0.05, 0.1) is 6.54 Å². The first-order chi connectivity index (χ1) is 8.84. The molecule has 18 heavy (non-hydrogen) atoms. The minimum absolute atomic E-state index is 0.202. The lowest BCUT2D eigenvalue weighted by atomic mass is 10.3. The molecule has 5 heteroatoms. The molecular formula is C13H11N3OS.